The molecule has 0 spiro atoms. The van der Waals surface area contributed by atoms with Crippen molar-refractivity contribution in [2.45, 2.75) is 0 Å². The van der Waals surface area contributed by atoms with Crippen LogP contribution < -0.4 is 0 Å². The number of hydrogen-bond donors (Lipinski definition) is 0. The summed E-state index contributed by atoms with van der Waals surface area (Å²) in [5, 5.41) is 0. The van der Waals surface area contributed by atoms with Crippen LogP contribution in [0.25, 0.3) is 28.2 Å². The molecule has 0 saturated heterocycles. The summed E-state index contributed by atoms with van der Waals surface area (Å²) >= 11 is 0. The van der Waals surface area contributed by atoms with E-state index in [1.165, 1.54) is 12.1 Å². The van der Waals surface area contributed by atoms with Crippen molar-refractivity contribution < 1.29 is 4.39 Å². The van der Waals surface area contributed by atoms with Gasteiger partial charge in [0.2, 0.25) is 0 Å². The van der Waals surface area contributed by atoms with Crippen molar-refractivity contribution >= 4 is 5.52 Å². The molecule has 2 aromatic heterocycles. The van der Waals surface area contributed by atoms with Gasteiger partial charge < -0.3 is 0 Å². The summed E-state index contributed by atoms with van der Waals surface area (Å²) in [4.78, 5) is 4.77. The number of hydrogen-bond acceptors (Lipinski definition) is 1. The van der Waals surface area contributed by atoms with Gasteiger partial charge in [0.1, 0.15) is 11.6 Å². The van der Waals surface area contributed by atoms with E-state index in [0.717, 1.165) is 28.2 Å². The Labute approximate surface area is 127 Å². The number of nitrogens with zero attached hydrogens (tertiary/aromatic N) is 2. The zero-order valence-corrected chi connectivity index (χ0v) is 11.8. The van der Waals surface area contributed by atoms with Crippen molar-refractivity contribution in [3.63, 3.8) is 0 Å². The number of aromatic nitrogens is 2. The molecule has 0 aliphatic carbocycles. The fourth-order valence-corrected chi connectivity index (χ4v) is 2.68. The molecule has 0 atom stereocenters. The molecule has 4 rings (SSSR count). The fraction of sp³-hybridized carbons (Fsp3) is 0. The van der Waals surface area contributed by atoms with E-state index >= 15 is 0 Å². The molecule has 0 amide bonds. The monoisotopic (exact) mass is 288 g/mol. The van der Waals surface area contributed by atoms with Gasteiger partial charge in [0.25, 0.3) is 0 Å². The molecular weight excluding hydrogens is 275 g/mol. The number of fused-ring (bicyclic) bond motifs is 1. The van der Waals surface area contributed by atoms with Gasteiger partial charge in [-0.3, -0.25) is 4.40 Å². The van der Waals surface area contributed by atoms with Gasteiger partial charge in [0.05, 0.1) is 11.2 Å². The molecule has 0 aliphatic heterocycles. The standard InChI is InChI=1S/C19H13FN2/c20-16-10-6-9-15(13-16)19-21-18(14-7-2-1-3-8-14)17-11-4-5-12-22(17)19/h1-13H. The molecule has 0 saturated carbocycles. The largest absolute Gasteiger partial charge is 0.299 e. The average molecular weight is 288 g/mol. The van der Waals surface area contributed by atoms with Gasteiger partial charge in [-0.1, -0.05) is 48.5 Å². The zero-order valence-electron chi connectivity index (χ0n) is 11.8. The van der Waals surface area contributed by atoms with Crippen LogP contribution in [0.5, 0.6) is 0 Å². The van der Waals surface area contributed by atoms with Crippen LogP contribution in [0.3, 0.4) is 0 Å². The Morgan fingerprint density at radius 2 is 1.55 bits per heavy atom. The van der Waals surface area contributed by atoms with Crippen molar-refractivity contribution in [1.82, 2.24) is 9.38 Å². The highest BCUT2D eigenvalue weighted by atomic mass is 19.1. The van der Waals surface area contributed by atoms with Gasteiger partial charge in [-0.15, -0.1) is 0 Å². The Morgan fingerprint density at radius 3 is 2.36 bits per heavy atom. The summed E-state index contributed by atoms with van der Waals surface area (Å²) in [5.74, 6) is 0.486. The lowest BCUT2D eigenvalue weighted by Crippen LogP contribution is -1.88. The maximum atomic E-state index is 13.5. The third kappa shape index (κ3) is 2.07. The quantitative estimate of drug-likeness (QED) is 0.517. The maximum absolute atomic E-state index is 13.5. The molecule has 22 heavy (non-hydrogen) atoms. The first-order chi connectivity index (χ1) is 10.8. The van der Waals surface area contributed by atoms with Crippen molar-refractivity contribution in [3.05, 3.63) is 84.8 Å². The lowest BCUT2D eigenvalue weighted by Gasteiger charge is -2.00. The molecule has 2 heterocycles. The van der Waals surface area contributed by atoms with E-state index in [0.29, 0.717) is 0 Å². The van der Waals surface area contributed by atoms with Crippen LogP contribution in [-0.2, 0) is 0 Å². The second-order valence-corrected chi connectivity index (χ2v) is 5.12. The smallest absolute Gasteiger partial charge is 0.145 e. The van der Waals surface area contributed by atoms with E-state index in [1.807, 2.05) is 65.2 Å². The van der Waals surface area contributed by atoms with Crippen molar-refractivity contribution in [2.75, 3.05) is 0 Å². The van der Waals surface area contributed by atoms with E-state index in [1.54, 1.807) is 6.07 Å². The van der Waals surface area contributed by atoms with Gasteiger partial charge in [0, 0.05) is 17.3 Å². The number of pyridine rings is 1. The maximum Gasteiger partial charge on any atom is 0.145 e. The molecule has 2 nitrogen and oxygen atoms in total. The highest BCUT2D eigenvalue weighted by Crippen LogP contribution is 2.29. The first kappa shape index (κ1) is 12.8. The van der Waals surface area contributed by atoms with Gasteiger partial charge in [-0.25, -0.2) is 9.37 Å². The topological polar surface area (TPSA) is 17.3 Å². The van der Waals surface area contributed by atoms with E-state index < -0.39 is 0 Å². The molecule has 2 aromatic carbocycles. The van der Waals surface area contributed by atoms with Crippen LogP contribution in [0, 0.1) is 5.82 Å². The van der Waals surface area contributed by atoms with Crippen LogP contribution in [0.15, 0.2) is 79.0 Å². The molecule has 0 N–H and O–H groups in total. The highest BCUT2D eigenvalue weighted by molar-refractivity contribution is 5.81. The molecule has 0 unspecified atom stereocenters. The molecule has 106 valence electrons. The van der Waals surface area contributed by atoms with E-state index in [-0.39, 0.29) is 5.82 Å². The summed E-state index contributed by atoms with van der Waals surface area (Å²) < 4.78 is 15.5. The van der Waals surface area contributed by atoms with Gasteiger partial charge >= 0.3 is 0 Å². The number of imidazole rings is 1. The third-order valence-corrected chi connectivity index (χ3v) is 3.68. The summed E-state index contributed by atoms with van der Waals surface area (Å²) in [6.07, 6.45) is 1.95. The molecule has 0 fully saturated rings. The Kier molecular flexibility index (Phi) is 2.97. The van der Waals surface area contributed by atoms with Crippen molar-refractivity contribution in [2.24, 2.45) is 0 Å². The van der Waals surface area contributed by atoms with E-state index in [9.17, 15) is 4.39 Å². The summed E-state index contributed by atoms with van der Waals surface area (Å²) in [7, 11) is 0. The highest BCUT2D eigenvalue weighted by Gasteiger charge is 2.13. The second-order valence-electron chi connectivity index (χ2n) is 5.12. The fourth-order valence-electron chi connectivity index (χ4n) is 2.68. The third-order valence-electron chi connectivity index (χ3n) is 3.68. The molecular formula is C19H13FN2. The molecule has 0 aliphatic rings. The van der Waals surface area contributed by atoms with Crippen LogP contribution in [0.2, 0.25) is 0 Å². The lowest BCUT2D eigenvalue weighted by atomic mass is 10.1. The minimum absolute atomic E-state index is 0.258. The molecule has 4 aromatic rings. The van der Waals surface area contributed by atoms with Gasteiger partial charge in [0.15, 0.2) is 0 Å². The summed E-state index contributed by atoms with van der Waals surface area (Å²) in [6, 6.07) is 22.5. The normalized spacial score (nSPS) is 11.0. The predicted octanol–water partition coefficient (Wildman–Crippen LogP) is 4.81. The SMILES string of the molecule is Fc1cccc(-c2nc(-c3ccccc3)c3ccccn23)c1. The minimum Gasteiger partial charge on any atom is -0.299 e. The van der Waals surface area contributed by atoms with Crippen LogP contribution in [0.4, 0.5) is 4.39 Å². The number of halogens is 1. The molecule has 0 radical (unpaired) electrons. The summed E-state index contributed by atoms with van der Waals surface area (Å²) in [6.45, 7) is 0. The zero-order chi connectivity index (χ0) is 14.9. The molecule has 0 bridgehead atoms. The van der Waals surface area contributed by atoms with Crippen LogP contribution >= 0.6 is 0 Å². The average Bonchev–Trinajstić information content (AvgIpc) is 2.95. The Bertz CT molecular complexity index is 942. The number of benzene rings is 2. The Balaban J connectivity index is 2.01. The first-order valence-electron chi connectivity index (χ1n) is 7.11. The lowest BCUT2D eigenvalue weighted by molar-refractivity contribution is 0.628. The predicted molar refractivity (Wildman–Crippen MR) is 86.0 cm³/mol. The van der Waals surface area contributed by atoms with Crippen molar-refractivity contribution in [3.8, 4) is 22.6 Å². The first-order valence-corrected chi connectivity index (χ1v) is 7.11. The van der Waals surface area contributed by atoms with Crippen molar-refractivity contribution in [1.29, 1.82) is 0 Å². The Hall–Kier alpha value is -2.94. The minimum atomic E-state index is -0.258. The van der Waals surface area contributed by atoms with Crippen LogP contribution in [-0.4, -0.2) is 9.38 Å². The van der Waals surface area contributed by atoms with E-state index in [4.69, 9.17) is 4.98 Å². The van der Waals surface area contributed by atoms with E-state index in [2.05, 4.69) is 0 Å². The van der Waals surface area contributed by atoms with Gasteiger partial charge in [-0.05, 0) is 24.3 Å². The summed E-state index contributed by atoms with van der Waals surface area (Å²) in [5.41, 5.74) is 3.73. The number of rotatable bonds is 2. The molecule has 3 heteroatoms. The Morgan fingerprint density at radius 1 is 0.773 bits per heavy atom. The van der Waals surface area contributed by atoms with Crippen LogP contribution in [0.1, 0.15) is 0 Å². The van der Waals surface area contributed by atoms with Gasteiger partial charge in [-0.2, -0.15) is 0 Å². The second kappa shape index (κ2) is 5.11.